The lowest BCUT2D eigenvalue weighted by atomic mass is 10.1. The molecule has 0 bridgehead atoms. The van der Waals surface area contributed by atoms with Gasteiger partial charge < -0.3 is 14.2 Å². The SMILES string of the molecule is CC/C=C\C/C=C\C/C=C\CCCCCCC(=O)OCC(COC(=O)CCCCCCC\C=C/C=C\C=C/CCCCCCC)OC(=O)CCCCCCCC/C=C\C=C/CCCCC. The van der Waals surface area contributed by atoms with Gasteiger partial charge in [0.05, 0.1) is 0 Å². The molecule has 1 atom stereocenters. The Morgan fingerprint density at radius 3 is 1.11 bits per heavy atom. The van der Waals surface area contributed by atoms with E-state index in [1.165, 1.54) is 70.6 Å². The predicted molar refractivity (Wildman–Crippen MR) is 279 cm³/mol. The highest BCUT2D eigenvalue weighted by atomic mass is 16.6. The number of carbonyl (C=O) groups is 3. The molecular formula is C59H98O6. The van der Waals surface area contributed by atoms with Crippen molar-refractivity contribution >= 4 is 17.9 Å². The number of allylic oxidation sites excluding steroid dienone is 16. The summed E-state index contributed by atoms with van der Waals surface area (Å²) in [6, 6.07) is 0. The number of hydrogen-bond donors (Lipinski definition) is 0. The first-order valence-corrected chi connectivity index (χ1v) is 26.8. The Balaban J connectivity index is 4.48. The summed E-state index contributed by atoms with van der Waals surface area (Å²) < 4.78 is 16.8. The minimum Gasteiger partial charge on any atom is -0.462 e. The van der Waals surface area contributed by atoms with E-state index in [-0.39, 0.29) is 31.1 Å². The molecule has 1 unspecified atom stereocenters. The van der Waals surface area contributed by atoms with E-state index >= 15 is 0 Å². The minimum absolute atomic E-state index is 0.101. The van der Waals surface area contributed by atoms with Crippen LogP contribution in [-0.4, -0.2) is 37.2 Å². The molecule has 0 rings (SSSR count). The van der Waals surface area contributed by atoms with Crippen molar-refractivity contribution in [2.24, 2.45) is 0 Å². The van der Waals surface area contributed by atoms with Gasteiger partial charge in [0, 0.05) is 19.3 Å². The molecule has 65 heavy (non-hydrogen) atoms. The highest BCUT2D eigenvalue weighted by Crippen LogP contribution is 2.13. The summed E-state index contributed by atoms with van der Waals surface area (Å²) in [5, 5.41) is 0. The zero-order valence-electron chi connectivity index (χ0n) is 42.2. The quantitative estimate of drug-likeness (QED) is 0.0199. The summed E-state index contributed by atoms with van der Waals surface area (Å²) in [7, 11) is 0. The standard InChI is InChI=1S/C59H98O6/c1-4-7-10-13-16-19-22-25-28-29-30-32-34-37-40-43-46-49-52-58(61)64-55-56(54-63-57(60)51-48-45-42-39-36-33-27-24-21-18-15-12-9-6-3)65-59(62)53-50-47-44-41-38-35-31-26-23-20-17-14-11-8-5-2/h9,12,17-18,20-23,25-30,32-33,56H,4-8,10-11,13-16,19,24,31,34-55H2,1-3H3/b12-9-,20-17-,21-18-,25-22-,26-23-,29-28-,32-30-,33-27-. The normalized spacial score (nSPS) is 12.8. The molecule has 0 aliphatic heterocycles. The fourth-order valence-corrected chi connectivity index (χ4v) is 7.09. The second-order valence-corrected chi connectivity index (χ2v) is 17.5. The zero-order chi connectivity index (χ0) is 47.2. The summed E-state index contributed by atoms with van der Waals surface area (Å²) in [6.07, 6.45) is 69.5. The molecule has 0 fully saturated rings. The second-order valence-electron chi connectivity index (χ2n) is 17.5. The van der Waals surface area contributed by atoms with Crippen molar-refractivity contribution in [3.05, 3.63) is 97.2 Å². The van der Waals surface area contributed by atoms with Crippen LogP contribution in [0.1, 0.15) is 239 Å². The Kier molecular flexibility index (Phi) is 50.0. The van der Waals surface area contributed by atoms with Crippen LogP contribution in [0, 0.1) is 0 Å². The highest BCUT2D eigenvalue weighted by Gasteiger charge is 2.19. The van der Waals surface area contributed by atoms with Gasteiger partial charge in [-0.05, 0) is 103 Å². The van der Waals surface area contributed by atoms with Gasteiger partial charge in [0.2, 0.25) is 0 Å². The van der Waals surface area contributed by atoms with Crippen LogP contribution in [0.3, 0.4) is 0 Å². The number of carbonyl (C=O) groups excluding carboxylic acids is 3. The van der Waals surface area contributed by atoms with Crippen molar-refractivity contribution in [2.45, 2.75) is 245 Å². The molecule has 0 heterocycles. The molecule has 0 amide bonds. The van der Waals surface area contributed by atoms with Crippen LogP contribution >= 0.6 is 0 Å². The van der Waals surface area contributed by atoms with E-state index in [1.54, 1.807) is 0 Å². The molecule has 6 heteroatoms. The van der Waals surface area contributed by atoms with Crippen LogP contribution in [0.2, 0.25) is 0 Å². The Bertz CT molecular complexity index is 1310. The monoisotopic (exact) mass is 903 g/mol. The van der Waals surface area contributed by atoms with Gasteiger partial charge in [-0.3, -0.25) is 14.4 Å². The van der Waals surface area contributed by atoms with Gasteiger partial charge in [-0.25, -0.2) is 0 Å². The maximum absolute atomic E-state index is 12.8. The lowest BCUT2D eigenvalue weighted by Gasteiger charge is -2.18. The molecule has 0 spiro atoms. The Morgan fingerprint density at radius 2 is 0.662 bits per heavy atom. The molecule has 0 aromatic heterocycles. The third-order valence-electron chi connectivity index (χ3n) is 11.1. The second kappa shape index (κ2) is 52.9. The van der Waals surface area contributed by atoms with Crippen molar-refractivity contribution < 1.29 is 28.6 Å². The van der Waals surface area contributed by atoms with E-state index in [4.69, 9.17) is 14.2 Å². The Labute approximate surface area is 400 Å². The van der Waals surface area contributed by atoms with Crippen LogP contribution in [0.5, 0.6) is 0 Å². The molecular weight excluding hydrogens is 805 g/mol. The molecule has 0 saturated heterocycles. The van der Waals surface area contributed by atoms with Gasteiger partial charge >= 0.3 is 17.9 Å². The predicted octanol–water partition coefficient (Wildman–Crippen LogP) is 17.8. The van der Waals surface area contributed by atoms with E-state index in [1.807, 2.05) is 0 Å². The molecule has 0 aliphatic carbocycles. The van der Waals surface area contributed by atoms with Crippen molar-refractivity contribution in [2.75, 3.05) is 13.2 Å². The number of esters is 3. The molecule has 0 aromatic rings. The maximum Gasteiger partial charge on any atom is 0.306 e. The first-order chi connectivity index (χ1) is 32.0. The lowest BCUT2D eigenvalue weighted by Crippen LogP contribution is -2.30. The maximum atomic E-state index is 12.8. The van der Waals surface area contributed by atoms with E-state index in [9.17, 15) is 14.4 Å². The summed E-state index contributed by atoms with van der Waals surface area (Å²) in [4.78, 5) is 38.0. The van der Waals surface area contributed by atoms with Crippen molar-refractivity contribution in [3.8, 4) is 0 Å². The summed E-state index contributed by atoms with van der Waals surface area (Å²) >= 11 is 0. The summed E-state index contributed by atoms with van der Waals surface area (Å²) in [5.41, 5.74) is 0. The van der Waals surface area contributed by atoms with Gasteiger partial charge in [0.1, 0.15) is 13.2 Å². The number of hydrogen-bond acceptors (Lipinski definition) is 6. The summed E-state index contributed by atoms with van der Waals surface area (Å²) in [6.45, 7) is 6.43. The molecule has 0 aromatic carbocycles. The average molecular weight is 903 g/mol. The van der Waals surface area contributed by atoms with Crippen LogP contribution < -0.4 is 0 Å². The first-order valence-electron chi connectivity index (χ1n) is 26.8. The van der Waals surface area contributed by atoms with Gasteiger partial charge in [0.15, 0.2) is 6.10 Å². The molecule has 0 radical (unpaired) electrons. The molecule has 0 saturated carbocycles. The largest absolute Gasteiger partial charge is 0.462 e. The van der Waals surface area contributed by atoms with Gasteiger partial charge in [-0.15, -0.1) is 0 Å². The van der Waals surface area contributed by atoms with E-state index < -0.39 is 6.10 Å². The third kappa shape index (κ3) is 51.2. The van der Waals surface area contributed by atoms with Gasteiger partial charge in [-0.2, -0.15) is 0 Å². The topological polar surface area (TPSA) is 78.9 Å². The van der Waals surface area contributed by atoms with E-state index in [2.05, 4.69) is 118 Å². The number of rotatable bonds is 47. The average Bonchev–Trinajstić information content (AvgIpc) is 3.30. The fraction of sp³-hybridized carbons (Fsp3) is 0.678. The summed E-state index contributed by atoms with van der Waals surface area (Å²) in [5.74, 6) is -0.955. The van der Waals surface area contributed by atoms with Crippen LogP contribution in [0.25, 0.3) is 0 Å². The zero-order valence-corrected chi connectivity index (χ0v) is 42.2. The van der Waals surface area contributed by atoms with Crippen molar-refractivity contribution in [1.82, 2.24) is 0 Å². The van der Waals surface area contributed by atoms with Crippen LogP contribution in [0.4, 0.5) is 0 Å². The van der Waals surface area contributed by atoms with Crippen LogP contribution in [-0.2, 0) is 28.6 Å². The van der Waals surface area contributed by atoms with E-state index in [0.29, 0.717) is 19.3 Å². The highest BCUT2D eigenvalue weighted by molar-refractivity contribution is 5.71. The Morgan fingerprint density at radius 1 is 0.338 bits per heavy atom. The first kappa shape index (κ1) is 61.3. The third-order valence-corrected chi connectivity index (χ3v) is 11.1. The molecule has 370 valence electrons. The number of ether oxygens (including phenoxy) is 3. The van der Waals surface area contributed by atoms with Crippen molar-refractivity contribution in [1.29, 1.82) is 0 Å². The molecule has 0 N–H and O–H groups in total. The fourth-order valence-electron chi connectivity index (χ4n) is 7.09. The number of unbranched alkanes of at least 4 members (excludes halogenated alkanes) is 23. The van der Waals surface area contributed by atoms with Crippen LogP contribution in [0.15, 0.2) is 97.2 Å². The van der Waals surface area contributed by atoms with Gasteiger partial charge in [-0.1, -0.05) is 214 Å². The molecule has 0 aliphatic rings. The lowest BCUT2D eigenvalue weighted by molar-refractivity contribution is -0.167. The van der Waals surface area contributed by atoms with E-state index in [0.717, 1.165) is 128 Å². The molecule has 6 nitrogen and oxygen atoms in total. The minimum atomic E-state index is -0.802. The van der Waals surface area contributed by atoms with Gasteiger partial charge in [0.25, 0.3) is 0 Å². The Hall–Kier alpha value is -3.67. The smallest absolute Gasteiger partial charge is 0.306 e. The van der Waals surface area contributed by atoms with Crippen molar-refractivity contribution in [3.63, 3.8) is 0 Å².